The lowest BCUT2D eigenvalue weighted by molar-refractivity contribution is -0.112. The first-order valence-electron chi connectivity index (χ1n) is 8.71. The smallest absolute Gasteiger partial charge is 0.266 e. The van der Waals surface area contributed by atoms with Crippen molar-refractivity contribution in [1.82, 2.24) is 0 Å². The average molecular weight is 415 g/mol. The summed E-state index contributed by atoms with van der Waals surface area (Å²) in [4.78, 5) is 12.7. The first kappa shape index (κ1) is 20.4. The molecule has 0 spiro atoms. The number of hydrogen-bond acceptors (Lipinski definition) is 6. The monoisotopic (exact) mass is 414 g/mol. The zero-order valence-electron chi connectivity index (χ0n) is 16.2. The summed E-state index contributed by atoms with van der Waals surface area (Å²) in [6.45, 7) is 2.64. The zero-order chi connectivity index (χ0) is 21.0. The largest absolute Gasteiger partial charge is 0.495 e. The molecule has 8 heteroatoms. The van der Waals surface area contributed by atoms with E-state index in [0.29, 0.717) is 52.5 Å². The lowest BCUT2D eigenvalue weighted by Crippen LogP contribution is -2.16. The van der Waals surface area contributed by atoms with Crippen LogP contribution < -0.4 is 24.3 Å². The number of carbonyl (C=O) groups is 1. The third-order valence-electron chi connectivity index (χ3n) is 4.26. The molecular formula is C21H19ClN2O5. The molecule has 1 N–H and O–H groups in total. The SMILES string of the molecule is COc1cc(Cl)c(C)cc1NC(=O)/C(C#N)=C/c1cc(OC)c2c(c1)OCCO2. The van der Waals surface area contributed by atoms with E-state index in [1.165, 1.54) is 20.3 Å². The van der Waals surface area contributed by atoms with E-state index in [-0.39, 0.29) is 5.57 Å². The van der Waals surface area contributed by atoms with Crippen molar-refractivity contribution in [1.29, 1.82) is 5.26 Å². The number of carbonyl (C=O) groups excluding carboxylic acids is 1. The fourth-order valence-electron chi connectivity index (χ4n) is 2.81. The number of fused-ring (bicyclic) bond motifs is 1. The molecule has 2 aromatic carbocycles. The summed E-state index contributed by atoms with van der Waals surface area (Å²) >= 11 is 6.09. The fourth-order valence-corrected chi connectivity index (χ4v) is 2.97. The van der Waals surface area contributed by atoms with E-state index in [2.05, 4.69) is 5.32 Å². The number of ether oxygens (including phenoxy) is 4. The first-order chi connectivity index (χ1) is 14.0. The van der Waals surface area contributed by atoms with E-state index < -0.39 is 5.91 Å². The molecular weight excluding hydrogens is 396 g/mol. The predicted molar refractivity (Wildman–Crippen MR) is 109 cm³/mol. The molecule has 0 unspecified atom stereocenters. The van der Waals surface area contributed by atoms with Gasteiger partial charge in [-0.2, -0.15) is 5.26 Å². The molecule has 1 aliphatic heterocycles. The number of benzene rings is 2. The van der Waals surface area contributed by atoms with E-state index in [1.54, 1.807) is 31.2 Å². The van der Waals surface area contributed by atoms with Crippen molar-refractivity contribution in [3.63, 3.8) is 0 Å². The molecule has 7 nitrogen and oxygen atoms in total. The van der Waals surface area contributed by atoms with Crippen LogP contribution in [-0.4, -0.2) is 33.3 Å². The maximum atomic E-state index is 12.7. The number of anilines is 1. The lowest BCUT2D eigenvalue weighted by Gasteiger charge is -2.21. The van der Waals surface area contributed by atoms with Crippen molar-refractivity contribution in [3.8, 4) is 29.1 Å². The van der Waals surface area contributed by atoms with Crippen LogP contribution in [0.4, 0.5) is 5.69 Å². The normalized spacial score (nSPS) is 12.7. The molecule has 0 atom stereocenters. The fraction of sp³-hybridized carbons (Fsp3) is 0.238. The number of nitriles is 1. The minimum Gasteiger partial charge on any atom is -0.495 e. The van der Waals surface area contributed by atoms with Crippen molar-refractivity contribution in [3.05, 3.63) is 46.0 Å². The van der Waals surface area contributed by atoms with Gasteiger partial charge in [0.25, 0.3) is 5.91 Å². The molecule has 0 radical (unpaired) electrons. The van der Waals surface area contributed by atoms with E-state index >= 15 is 0 Å². The summed E-state index contributed by atoms with van der Waals surface area (Å²) in [5.41, 5.74) is 1.65. The van der Waals surface area contributed by atoms with Gasteiger partial charge in [-0.15, -0.1) is 0 Å². The highest BCUT2D eigenvalue weighted by Crippen LogP contribution is 2.41. The van der Waals surface area contributed by atoms with Crippen molar-refractivity contribution >= 4 is 29.3 Å². The topological polar surface area (TPSA) is 89.8 Å². The minimum absolute atomic E-state index is 0.0987. The third kappa shape index (κ3) is 4.39. The maximum absolute atomic E-state index is 12.7. The second kappa shape index (κ2) is 8.76. The molecule has 29 heavy (non-hydrogen) atoms. The van der Waals surface area contributed by atoms with E-state index in [0.717, 1.165) is 5.56 Å². The summed E-state index contributed by atoms with van der Waals surface area (Å²) in [5, 5.41) is 12.7. The van der Waals surface area contributed by atoms with Crippen molar-refractivity contribution in [2.45, 2.75) is 6.92 Å². The van der Waals surface area contributed by atoms with Gasteiger partial charge in [0, 0.05) is 11.1 Å². The van der Waals surface area contributed by atoms with Crippen molar-refractivity contribution in [2.75, 3.05) is 32.8 Å². The Hall–Kier alpha value is -3.37. The average Bonchev–Trinajstić information content (AvgIpc) is 2.73. The number of methoxy groups -OCH3 is 2. The van der Waals surface area contributed by atoms with Gasteiger partial charge in [-0.3, -0.25) is 4.79 Å². The Morgan fingerprint density at radius 3 is 2.59 bits per heavy atom. The van der Waals surface area contributed by atoms with Gasteiger partial charge in [-0.05, 0) is 42.3 Å². The molecule has 0 saturated carbocycles. The van der Waals surface area contributed by atoms with Crippen LogP contribution in [0.5, 0.6) is 23.0 Å². The summed E-state index contributed by atoms with van der Waals surface area (Å²) in [6, 6.07) is 8.57. The number of nitrogens with zero attached hydrogens (tertiary/aromatic N) is 1. The molecule has 1 amide bonds. The number of aryl methyl sites for hydroxylation is 1. The Morgan fingerprint density at radius 2 is 1.90 bits per heavy atom. The van der Waals surface area contributed by atoms with Crippen LogP contribution in [0.3, 0.4) is 0 Å². The van der Waals surface area contributed by atoms with Gasteiger partial charge in [-0.1, -0.05) is 11.6 Å². The number of rotatable bonds is 5. The van der Waals surface area contributed by atoms with Gasteiger partial charge in [0.2, 0.25) is 5.75 Å². The molecule has 1 heterocycles. The van der Waals surface area contributed by atoms with E-state index in [9.17, 15) is 10.1 Å². The predicted octanol–water partition coefficient (Wildman–Crippen LogP) is 3.98. The molecule has 0 aliphatic carbocycles. The van der Waals surface area contributed by atoms with Gasteiger partial charge >= 0.3 is 0 Å². The van der Waals surface area contributed by atoms with Crippen LogP contribution in [-0.2, 0) is 4.79 Å². The van der Waals surface area contributed by atoms with E-state index in [4.69, 9.17) is 30.5 Å². The van der Waals surface area contributed by atoms with E-state index in [1.807, 2.05) is 6.07 Å². The molecule has 3 rings (SSSR count). The quantitative estimate of drug-likeness (QED) is 0.588. The molecule has 0 saturated heterocycles. The lowest BCUT2D eigenvalue weighted by atomic mass is 10.1. The highest BCUT2D eigenvalue weighted by Gasteiger charge is 2.19. The Bertz CT molecular complexity index is 1010. The molecule has 0 fully saturated rings. The van der Waals surface area contributed by atoms with Crippen LogP contribution in [0.25, 0.3) is 6.08 Å². The first-order valence-corrected chi connectivity index (χ1v) is 9.09. The number of nitrogens with one attached hydrogen (secondary N) is 1. The molecule has 150 valence electrons. The maximum Gasteiger partial charge on any atom is 0.266 e. The second-order valence-corrected chi connectivity index (χ2v) is 6.58. The Morgan fingerprint density at radius 1 is 1.17 bits per heavy atom. The number of hydrogen-bond donors (Lipinski definition) is 1. The summed E-state index contributed by atoms with van der Waals surface area (Å²) in [5.74, 6) is 1.27. The van der Waals surface area contributed by atoms with Crippen LogP contribution in [0.2, 0.25) is 5.02 Å². The van der Waals surface area contributed by atoms with Crippen LogP contribution in [0.15, 0.2) is 29.8 Å². The van der Waals surface area contributed by atoms with Crippen LogP contribution in [0.1, 0.15) is 11.1 Å². The highest BCUT2D eigenvalue weighted by molar-refractivity contribution is 6.31. The Kier molecular flexibility index (Phi) is 6.15. The van der Waals surface area contributed by atoms with Gasteiger partial charge < -0.3 is 24.3 Å². The third-order valence-corrected chi connectivity index (χ3v) is 4.66. The van der Waals surface area contributed by atoms with Crippen molar-refractivity contribution in [2.24, 2.45) is 0 Å². The van der Waals surface area contributed by atoms with Crippen LogP contribution in [0, 0.1) is 18.3 Å². The van der Waals surface area contributed by atoms with Gasteiger partial charge in [0.15, 0.2) is 11.5 Å². The zero-order valence-corrected chi connectivity index (χ0v) is 16.9. The molecule has 0 aromatic heterocycles. The standard InChI is InChI=1S/C21H19ClN2O5/c1-12-6-16(17(26-2)10-15(12)22)24-21(25)14(11-23)7-13-8-18(27-3)20-19(9-13)28-4-5-29-20/h6-10H,4-5H2,1-3H3,(H,24,25)/b14-7+. The molecule has 0 bridgehead atoms. The molecule has 2 aromatic rings. The van der Waals surface area contributed by atoms with Gasteiger partial charge in [0.1, 0.15) is 30.6 Å². The second-order valence-electron chi connectivity index (χ2n) is 6.17. The number of halogens is 1. The summed E-state index contributed by atoms with van der Waals surface area (Å²) < 4.78 is 21.7. The minimum atomic E-state index is -0.582. The summed E-state index contributed by atoms with van der Waals surface area (Å²) in [6.07, 6.45) is 1.45. The molecule has 1 aliphatic rings. The Balaban J connectivity index is 1.92. The van der Waals surface area contributed by atoms with Gasteiger partial charge in [-0.25, -0.2) is 0 Å². The van der Waals surface area contributed by atoms with Gasteiger partial charge in [0.05, 0.1) is 19.9 Å². The number of amides is 1. The Labute approximate surface area is 173 Å². The van der Waals surface area contributed by atoms with Crippen LogP contribution >= 0.6 is 11.6 Å². The van der Waals surface area contributed by atoms with Crippen molar-refractivity contribution < 1.29 is 23.7 Å². The highest BCUT2D eigenvalue weighted by atomic mass is 35.5. The summed E-state index contributed by atoms with van der Waals surface area (Å²) in [7, 11) is 2.98.